The molecule has 0 aliphatic carbocycles. The molecule has 100 valence electrons. The van der Waals surface area contributed by atoms with Crippen LogP contribution in [-0.4, -0.2) is 11.9 Å². The van der Waals surface area contributed by atoms with E-state index in [1.807, 2.05) is 0 Å². The monoisotopic (exact) mass is 260 g/mol. The van der Waals surface area contributed by atoms with Gasteiger partial charge < -0.3 is 11.1 Å². The summed E-state index contributed by atoms with van der Waals surface area (Å²) in [6.07, 6.45) is -4.36. The first kappa shape index (κ1) is 14.3. The molecule has 0 aromatic heterocycles. The summed E-state index contributed by atoms with van der Waals surface area (Å²) in [5.74, 6) is -0.588. The Hall–Kier alpha value is -1.72. The van der Waals surface area contributed by atoms with Crippen LogP contribution in [0.25, 0.3) is 0 Å². The molecular weight excluding hydrogens is 245 g/mol. The van der Waals surface area contributed by atoms with Crippen molar-refractivity contribution in [3.63, 3.8) is 0 Å². The van der Waals surface area contributed by atoms with Crippen LogP contribution >= 0.6 is 0 Å². The molecule has 0 bridgehead atoms. The highest BCUT2D eigenvalue weighted by Crippen LogP contribution is 2.30. The van der Waals surface area contributed by atoms with Gasteiger partial charge >= 0.3 is 6.18 Å². The number of carbonyl (C=O) groups is 1. The van der Waals surface area contributed by atoms with Crippen LogP contribution < -0.4 is 11.1 Å². The number of hydrogen-bond donors (Lipinski definition) is 2. The lowest BCUT2D eigenvalue weighted by Crippen LogP contribution is -2.39. The molecule has 0 aliphatic heterocycles. The lowest BCUT2D eigenvalue weighted by molar-refractivity contribution is -0.137. The second-order valence-corrected chi connectivity index (χ2v) is 4.34. The maximum atomic E-state index is 12.3. The fourth-order valence-electron chi connectivity index (χ4n) is 1.50. The van der Waals surface area contributed by atoms with E-state index in [2.05, 4.69) is 5.32 Å². The van der Waals surface area contributed by atoms with Gasteiger partial charge in [0.25, 0.3) is 0 Å². The van der Waals surface area contributed by atoms with Crippen molar-refractivity contribution in [2.45, 2.75) is 26.1 Å². The van der Waals surface area contributed by atoms with E-state index in [1.54, 1.807) is 13.8 Å². The smallest absolute Gasteiger partial charge is 0.373 e. The predicted octanol–water partition coefficient (Wildman–Crippen LogP) is 2.63. The summed E-state index contributed by atoms with van der Waals surface area (Å²) in [6.45, 7) is 3.60. The van der Waals surface area contributed by atoms with Gasteiger partial charge in [-0.3, -0.25) is 4.79 Å². The van der Waals surface area contributed by atoms with Crippen molar-refractivity contribution in [3.05, 3.63) is 29.8 Å². The minimum atomic E-state index is -4.36. The van der Waals surface area contributed by atoms with Crippen LogP contribution in [0, 0.1) is 5.92 Å². The average Bonchev–Trinajstić information content (AvgIpc) is 2.24. The van der Waals surface area contributed by atoms with Gasteiger partial charge in [-0.2, -0.15) is 13.2 Å². The van der Waals surface area contributed by atoms with Gasteiger partial charge in [-0.1, -0.05) is 13.8 Å². The summed E-state index contributed by atoms with van der Waals surface area (Å²) in [5.41, 5.74) is 4.91. The Morgan fingerprint density at radius 2 is 1.72 bits per heavy atom. The van der Waals surface area contributed by atoms with E-state index in [9.17, 15) is 18.0 Å². The molecule has 1 amide bonds. The Bertz CT molecular complexity index is 412. The van der Waals surface area contributed by atoms with E-state index in [4.69, 9.17) is 5.73 Å². The average molecular weight is 260 g/mol. The molecule has 0 spiro atoms. The number of primary amides is 1. The summed E-state index contributed by atoms with van der Waals surface area (Å²) < 4.78 is 37.0. The van der Waals surface area contributed by atoms with Gasteiger partial charge in [-0.25, -0.2) is 0 Å². The van der Waals surface area contributed by atoms with E-state index in [-0.39, 0.29) is 5.92 Å². The van der Waals surface area contributed by atoms with Gasteiger partial charge in [-0.15, -0.1) is 0 Å². The van der Waals surface area contributed by atoms with Crippen molar-refractivity contribution in [2.24, 2.45) is 11.7 Å². The minimum Gasteiger partial charge on any atom is -0.373 e. The highest BCUT2D eigenvalue weighted by atomic mass is 19.4. The Morgan fingerprint density at radius 1 is 1.22 bits per heavy atom. The molecule has 1 unspecified atom stereocenters. The largest absolute Gasteiger partial charge is 0.416 e. The first-order chi connectivity index (χ1) is 8.21. The standard InChI is InChI=1S/C12H15F3N2O/c1-7(2)10(11(16)18)17-9-5-3-8(4-6-9)12(13,14)15/h3-7,10,17H,1-2H3,(H2,16,18). The number of halogens is 3. The highest BCUT2D eigenvalue weighted by molar-refractivity contribution is 5.83. The van der Waals surface area contributed by atoms with Crippen LogP contribution in [0.5, 0.6) is 0 Å². The normalized spacial score (nSPS) is 13.4. The Morgan fingerprint density at radius 3 is 2.06 bits per heavy atom. The van der Waals surface area contributed by atoms with Crippen molar-refractivity contribution < 1.29 is 18.0 Å². The van der Waals surface area contributed by atoms with Crippen LogP contribution in [0.2, 0.25) is 0 Å². The second-order valence-electron chi connectivity index (χ2n) is 4.34. The molecular formula is C12H15F3N2O. The maximum Gasteiger partial charge on any atom is 0.416 e. The third-order valence-electron chi connectivity index (χ3n) is 2.51. The zero-order valence-electron chi connectivity index (χ0n) is 10.1. The fourth-order valence-corrected chi connectivity index (χ4v) is 1.50. The molecule has 0 saturated carbocycles. The zero-order chi connectivity index (χ0) is 13.9. The number of nitrogens with one attached hydrogen (secondary N) is 1. The summed E-state index contributed by atoms with van der Waals surface area (Å²) in [5, 5.41) is 2.81. The second kappa shape index (κ2) is 5.29. The van der Waals surface area contributed by atoms with Crippen LogP contribution in [-0.2, 0) is 11.0 Å². The minimum absolute atomic E-state index is 0.0511. The van der Waals surface area contributed by atoms with Crippen molar-refractivity contribution in [2.75, 3.05) is 5.32 Å². The van der Waals surface area contributed by atoms with Crippen molar-refractivity contribution in [1.29, 1.82) is 0 Å². The Labute approximate surface area is 103 Å². The molecule has 3 nitrogen and oxygen atoms in total. The predicted molar refractivity (Wildman–Crippen MR) is 62.9 cm³/mol. The zero-order valence-corrected chi connectivity index (χ0v) is 10.1. The third kappa shape index (κ3) is 3.65. The van der Waals surface area contributed by atoms with E-state index >= 15 is 0 Å². The number of benzene rings is 1. The van der Waals surface area contributed by atoms with Gasteiger partial charge in [0.15, 0.2) is 0 Å². The molecule has 0 aliphatic rings. The van der Waals surface area contributed by atoms with Gasteiger partial charge in [0.2, 0.25) is 5.91 Å². The fraction of sp³-hybridized carbons (Fsp3) is 0.417. The number of nitrogens with two attached hydrogens (primary N) is 1. The number of anilines is 1. The number of hydrogen-bond acceptors (Lipinski definition) is 2. The van der Waals surface area contributed by atoms with E-state index in [0.29, 0.717) is 5.69 Å². The summed E-state index contributed by atoms with van der Waals surface area (Å²) in [7, 11) is 0. The number of carbonyl (C=O) groups excluding carboxylic acids is 1. The van der Waals surface area contributed by atoms with E-state index in [1.165, 1.54) is 12.1 Å². The molecule has 1 aromatic carbocycles. The van der Waals surface area contributed by atoms with Gasteiger partial charge in [-0.05, 0) is 30.2 Å². The quantitative estimate of drug-likeness (QED) is 0.874. The molecule has 1 aromatic rings. The maximum absolute atomic E-state index is 12.3. The molecule has 1 atom stereocenters. The summed E-state index contributed by atoms with van der Waals surface area (Å²) in [4.78, 5) is 11.2. The lowest BCUT2D eigenvalue weighted by atomic mass is 10.0. The SMILES string of the molecule is CC(C)C(Nc1ccc(C(F)(F)F)cc1)C(N)=O. The summed E-state index contributed by atoms with van der Waals surface area (Å²) in [6, 6.07) is 3.87. The van der Waals surface area contributed by atoms with Crippen LogP contribution in [0.15, 0.2) is 24.3 Å². The third-order valence-corrected chi connectivity index (χ3v) is 2.51. The topological polar surface area (TPSA) is 55.1 Å². The molecule has 3 N–H and O–H groups in total. The molecule has 0 radical (unpaired) electrons. The Balaban J connectivity index is 2.83. The lowest BCUT2D eigenvalue weighted by Gasteiger charge is -2.20. The van der Waals surface area contributed by atoms with Crippen LogP contribution in [0.4, 0.5) is 18.9 Å². The molecule has 18 heavy (non-hydrogen) atoms. The van der Waals surface area contributed by atoms with Gasteiger partial charge in [0, 0.05) is 5.69 Å². The van der Waals surface area contributed by atoms with Crippen LogP contribution in [0.1, 0.15) is 19.4 Å². The van der Waals surface area contributed by atoms with Crippen molar-refractivity contribution >= 4 is 11.6 Å². The molecule has 0 saturated heterocycles. The number of alkyl halides is 3. The summed E-state index contributed by atoms with van der Waals surface area (Å²) >= 11 is 0. The Kier molecular flexibility index (Phi) is 4.21. The highest BCUT2D eigenvalue weighted by Gasteiger charge is 2.30. The first-order valence-electron chi connectivity index (χ1n) is 5.45. The van der Waals surface area contributed by atoms with Gasteiger partial charge in [0.05, 0.1) is 5.56 Å². The van der Waals surface area contributed by atoms with Gasteiger partial charge in [0.1, 0.15) is 6.04 Å². The molecule has 6 heteroatoms. The van der Waals surface area contributed by atoms with Crippen LogP contribution in [0.3, 0.4) is 0 Å². The van der Waals surface area contributed by atoms with E-state index < -0.39 is 23.7 Å². The number of rotatable bonds is 4. The number of amides is 1. The van der Waals surface area contributed by atoms with Crippen molar-refractivity contribution in [1.82, 2.24) is 0 Å². The molecule has 0 fully saturated rings. The van der Waals surface area contributed by atoms with Crippen molar-refractivity contribution in [3.8, 4) is 0 Å². The molecule has 1 rings (SSSR count). The first-order valence-corrected chi connectivity index (χ1v) is 5.45. The van der Waals surface area contributed by atoms with E-state index in [0.717, 1.165) is 12.1 Å². The molecule has 0 heterocycles.